The summed E-state index contributed by atoms with van der Waals surface area (Å²) in [6, 6.07) is 19.2. The molecule has 2 atom stereocenters. The van der Waals surface area contributed by atoms with Crippen molar-refractivity contribution in [2.24, 2.45) is 0 Å². The van der Waals surface area contributed by atoms with E-state index in [9.17, 15) is 9.59 Å². The van der Waals surface area contributed by atoms with Gasteiger partial charge in [-0.1, -0.05) is 66.7 Å². The van der Waals surface area contributed by atoms with Gasteiger partial charge in [-0.05, 0) is 24.0 Å². The number of amides is 2. The lowest BCUT2D eigenvalue weighted by molar-refractivity contribution is -0.137. The first-order chi connectivity index (χ1) is 14.7. The molecule has 0 saturated carbocycles. The molecule has 1 saturated heterocycles. The highest BCUT2D eigenvalue weighted by molar-refractivity contribution is 5.94. The Morgan fingerprint density at radius 2 is 1.80 bits per heavy atom. The van der Waals surface area contributed by atoms with Crippen LogP contribution < -0.4 is 0 Å². The zero-order chi connectivity index (χ0) is 21.2. The Kier molecular flexibility index (Phi) is 8.18. The number of cyclic esters (lactones) is 1. The zero-order valence-electron chi connectivity index (χ0n) is 16.9. The van der Waals surface area contributed by atoms with Gasteiger partial charge in [0, 0.05) is 0 Å². The van der Waals surface area contributed by atoms with Gasteiger partial charge in [0.2, 0.25) is 0 Å². The molecule has 0 aliphatic carbocycles. The normalized spacial score (nSPS) is 16.9. The zero-order valence-corrected chi connectivity index (χ0v) is 16.9. The molecule has 158 valence electrons. The number of benzene rings is 2. The van der Waals surface area contributed by atoms with Crippen LogP contribution in [0.15, 0.2) is 73.3 Å². The average molecular weight is 409 g/mol. The summed E-state index contributed by atoms with van der Waals surface area (Å²) >= 11 is 0. The summed E-state index contributed by atoms with van der Waals surface area (Å²) < 4.78 is 16.6. The number of hydrogen-bond donors (Lipinski definition) is 0. The fourth-order valence-electron chi connectivity index (χ4n) is 3.31. The second kappa shape index (κ2) is 11.3. The molecule has 2 amide bonds. The first kappa shape index (κ1) is 21.7. The van der Waals surface area contributed by atoms with Gasteiger partial charge in [-0.25, -0.2) is 9.69 Å². The molecule has 6 nitrogen and oxygen atoms in total. The number of carbonyl (C=O) groups is 2. The Morgan fingerprint density at radius 3 is 2.47 bits per heavy atom. The van der Waals surface area contributed by atoms with E-state index in [0.29, 0.717) is 26.1 Å². The van der Waals surface area contributed by atoms with E-state index >= 15 is 0 Å². The minimum Gasteiger partial charge on any atom is -0.447 e. The molecule has 1 heterocycles. The van der Waals surface area contributed by atoms with Crippen molar-refractivity contribution in [1.29, 1.82) is 0 Å². The van der Waals surface area contributed by atoms with Crippen molar-refractivity contribution in [2.45, 2.75) is 31.6 Å². The SMILES string of the molecule is C=CC[C@H](COCc1ccccc1)OCC(=O)N1C(=O)OC[C@H]1Cc1ccccc1. The van der Waals surface area contributed by atoms with Crippen LogP contribution in [0.2, 0.25) is 0 Å². The van der Waals surface area contributed by atoms with Crippen molar-refractivity contribution in [2.75, 3.05) is 19.8 Å². The van der Waals surface area contributed by atoms with E-state index in [-0.39, 0.29) is 25.4 Å². The third-order valence-corrected chi connectivity index (χ3v) is 4.83. The van der Waals surface area contributed by atoms with Crippen molar-refractivity contribution >= 4 is 12.0 Å². The first-order valence-corrected chi connectivity index (χ1v) is 10.0. The largest absolute Gasteiger partial charge is 0.447 e. The van der Waals surface area contributed by atoms with E-state index in [4.69, 9.17) is 14.2 Å². The van der Waals surface area contributed by atoms with Gasteiger partial charge in [-0.2, -0.15) is 0 Å². The fourth-order valence-corrected chi connectivity index (χ4v) is 3.31. The van der Waals surface area contributed by atoms with E-state index in [1.807, 2.05) is 60.7 Å². The molecule has 0 unspecified atom stereocenters. The minimum atomic E-state index is -0.620. The van der Waals surface area contributed by atoms with Crippen LogP contribution in [-0.2, 0) is 32.0 Å². The van der Waals surface area contributed by atoms with E-state index in [1.54, 1.807) is 6.08 Å². The van der Waals surface area contributed by atoms with Crippen LogP contribution in [0.25, 0.3) is 0 Å². The summed E-state index contributed by atoms with van der Waals surface area (Å²) in [6.07, 6.45) is 1.88. The third kappa shape index (κ3) is 6.27. The lowest BCUT2D eigenvalue weighted by Crippen LogP contribution is -2.43. The van der Waals surface area contributed by atoms with Gasteiger partial charge in [0.05, 0.1) is 25.4 Å². The van der Waals surface area contributed by atoms with E-state index in [1.165, 1.54) is 4.90 Å². The highest BCUT2D eigenvalue weighted by atomic mass is 16.6. The van der Waals surface area contributed by atoms with Crippen LogP contribution in [0.4, 0.5) is 4.79 Å². The average Bonchev–Trinajstić information content (AvgIpc) is 3.13. The van der Waals surface area contributed by atoms with E-state index < -0.39 is 12.0 Å². The Labute approximate surface area is 177 Å². The highest BCUT2D eigenvalue weighted by Crippen LogP contribution is 2.18. The topological polar surface area (TPSA) is 65.1 Å². The molecule has 2 aromatic carbocycles. The summed E-state index contributed by atoms with van der Waals surface area (Å²) in [5, 5.41) is 0. The Bertz CT molecular complexity index is 824. The number of nitrogens with zero attached hydrogens (tertiary/aromatic N) is 1. The molecule has 0 bridgehead atoms. The Hall–Kier alpha value is -2.96. The molecule has 30 heavy (non-hydrogen) atoms. The van der Waals surface area contributed by atoms with Crippen molar-refractivity contribution in [3.05, 3.63) is 84.4 Å². The maximum atomic E-state index is 12.7. The maximum absolute atomic E-state index is 12.7. The summed E-state index contributed by atoms with van der Waals surface area (Å²) in [4.78, 5) is 26.0. The predicted octanol–water partition coefficient (Wildman–Crippen LogP) is 3.75. The van der Waals surface area contributed by atoms with Gasteiger partial charge >= 0.3 is 6.09 Å². The molecule has 1 fully saturated rings. The first-order valence-electron chi connectivity index (χ1n) is 10.0. The molecule has 0 N–H and O–H groups in total. The van der Waals surface area contributed by atoms with Crippen molar-refractivity contribution in [3.63, 3.8) is 0 Å². The molecule has 0 spiro atoms. The van der Waals surface area contributed by atoms with Crippen LogP contribution in [-0.4, -0.2) is 48.9 Å². The van der Waals surface area contributed by atoms with Crippen LogP contribution in [0, 0.1) is 0 Å². The maximum Gasteiger partial charge on any atom is 0.417 e. The number of hydrogen-bond acceptors (Lipinski definition) is 5. The molecule has 0 radical (unpaired) electrons. The van der Waals surface area contributed by atoms with Gasteiger partial charge < -0.3 is 14.2 Å². The summed E-state index contributed by atoms with van der Waals surface area (Å²) in [5.74, 6) is -0.407. The molecular formula is C24H27NO5. The van der Waals surface area contributed by atoms with E-state index in [0.717, 1.165) is 11.1 Å². The lowest BCUT2D eigenvalue weighted by Gasteiger charge is -2.22. The van der Waals surface area contributed by atoms with Crippen molar-refractivity contribution in [1.82, 2.24) is 4.90 Å². The standard InChI is InChI=1S/C24H27NO5/c1-2-9-22(17-28-15-20-12-7-4-8-13-20)29-18-23(26)25-21(16-30-24(25)27)14-19-10-5-3-6-11-19/h2-8,10-13,21-22H,1,9,14-18H2/t21-,22-/m1/s1. The van der Waals surface area contributed by atoms with Gasteiger partial charge in [-0.3, -0.25) is 4.79 Å². The molecule has 3 rings (SSSR count). The third-order valence-electron chi connectivity index (χ3n) is 4.83. The van der Waals surface area contributed by atoms with Gasteiger partial charge in [0.15, 0.2) is 0 Å². The summed E-state index contributed by atoms with van der Waals surface area (Å²) in [5.41, 5.74) is 2.10. The minimum absolute atomic E-state index is 0.190. The highest BCUT2D eigenvalue weighted by Gasteiger charge is 2.38. The van der Waals surface area contributed by atoms with E-state index in [2.05, 4.69) is 6.58 Å². The summed E-state index contributed by atoms with van der Waals surface area (Å²) in [6.45, 7) is 4.50. The molecule has 1 aliphatic rings. The molecule has 1 aliphatic heterocycles. The number of rotatable bonds is 11. The second-order valence-corrected chi connectivity index (χ2v) is 7.14. The smallest absolute Gasteiger partial charge is 0.417 e. The van der Waals surface area contributed by atoms with Crippen LogP contribution >= 0.6 is 0 Å². The fraction of sp³-hybridized carbons (Fsp3) is 0.333. The van der Waals surface area contributed by atoms with Crippen LogP contribution in [0.5, 0.6) is 0 Å². The van der Waals surface area contributed by atoms with Crippen molar-refractivity contribution < 1.29 is 23.8 Å². The van der Waals surface area contributed by atoms with Gasteiger partial charge in [-0.15, -0.1) is 6.58 Å². The quantitative estimate of drug-likeness (QED) is 0.529. The van der Waals surface area contributed by atoms with Crippen LogP contribution in [0.1, 0.15) is 17.5 Å². The van der Waals surface area contributed by atoms with Gasteiger partial charge in [0.1, 0.15) is 13.2 Å². The van der Waals surface area contributed by atoms with Crippen molar-refractivity contribution in [3.8, 4) is 0 Å². The molecule has 6 heteroatoms. The monoisotopic (exact) mass is 409 g/mol. The number of imide groups is 1. The summed E-state index contributed by atoms with van der Waals surface area (Å²) in [7, 11) is 0. The Balaban J connectivity index is 1.50. The van der Waals surface area contributed by atoms with Crippen LogP contribution in [0.3, 0.4) is 0 Å². The number of carbonyl (C=O) groups excluding carboxylic acids is 2. The van der Waals surface area contributed by atoms with Gasteiger partial charge in [0.25, 0.3) is 5.91 Å². The molecule has 2 aromatic rings. The number of ether oxygens (including phenoxy) is 3. The molecule has 0 aromatic heterocycles. The predicted molar refractivity (Wildman–Crippen MR) is 113 cm³/mol. The second-order valence-electron chi connectivity index (χ2n) is 7.14. The Morgan fingerprint density at radius 1 is 1.13 bits per heavy atom. The molecular weight excluding hydrogens is 382 g/mol. The lowest BCUT2D eigenvalue weighted by atomic mass is 10.1.